The fourth-order valence-electron chi connectivity index (χ4n) is 2.71. The van der Waals surface area contributed by atoms with Crippen molar-refractivity contribution in [2.24, 2.45) is 0 Å². The molecular weight excluding hydrogens is 274 g/mol. The first-order valence-corrected chi connectivity index (χ1v) is 8.22. The number of aromatic nitrogens is 1. The number of nitrogens with two attached hydrogens (primary N) is 1. The summed E-state index contributed by atoms with van der Waals surface area (Å²) >= 11 is 0. The summed E-state index contributed by atoms with van der Waals surface area (Å²) in [5.41, 5.74) is 6.84. The molecule has 0 saturated heterocycles. The van der Waals surface area contributed by atoms with Crippen molar-refractivity contribution in [3.8, 4) is 0 Å². The highest BCUT2D eigenvalue weighted by atomic mass is 32.2. The summed E-state index contributed by atoms with van der Waals surface area (Å²) in [5.74, 6) is 0. The van der Waals surface area contributed by atoms with Crippen LogP contribution in [0, 0.1) is 0 Å². The van der Waals surface area contributed by atoms with Gasteiger partial charge in [0, 0.05) is 23.3 Å². The Bertz CT molecular complexity index is 737. The van der Waals surface area contributed by atoms with Gasteiger partial charge >= 0.3 is 0 Å². The molecule has 0 radical (unpaired) electrons. The Kier molecular flexibility index (Phi) is 3.35. The molecule has 1 aliphatic rings. The van der Waals surface area contributed by atoms with E-state index in [4.69, 9.17) is 5.73 Å². The number of hydrogen-bond donors (Lipinski definition) is 2. The molecule has 3 N–H and O–H groups in total. The van der Waals surface area contributed by atoms with E-state index in [0.717, 1.165) is 25.7 Å². The Labute approximate surface area is 118 Å². The third kappa shape index (κ3) is 2.36. The predicted molar refractivity (Wildman–Crippen MR) is 78.7 cm³/mol. The molecule has 3 rings (SSSR count). The second kappa shape index (κ2) is 5.03. The molecule has 0 bridgehead atoms. The molecule has 1 aliphatic carbocycles. The van der Waals surface area contributed by atoms with Crippen LogP contribution < -0.4 is 10.5 Å². The Hall–Kier alpha value is -1.66. The van der Waals surface area contributed by atoms with Crippen molar-refractivity contribution in [1.82, 2.24) is 9.71 Å². The number of sulfonamides is 1. The summed E-state index contributed by atoms with van der Waals surface area (Å²) < 4.78 is 27.8. The van der Waals surface area contributed by atoms with Gasteiger partial charge in [0.1, 0.15) is 4.90 Å². The Morgan fingerprint density at radius 1 is 1.20 bits per heavy atom. The van der Waals surface area contributed by atoms with Gasteiger partial charge in [0.05, 0.1) is 5.52 Å². The largest absolute Gasteiger partial charge is 0.398 e. The number of nitrogens with one attached hydrogen (secondary N) is 1. The summed E-state index contributed by atoms with van der Waals surface area (Å²) in [5, 5.41) is 0.668. The van der Waals surface area contributed by atoms with Crippen molar-refractivity contribution in [2.45, 2.75) is 36.6 Å². The number of nitrogens with zero attached hydrogens (tertiary/aromatic N) is 1. The van der Waals surface area contributed by atoms with Crippen molar-refractivity contribution in [2.75, 3.05) is 5.73 Å². The van der Waals surface area contributed by atoms with Crippen molar-refractivity contribution in [3.05, 3.63) is 30.5 Å². The van der Waals surface area contributed by atoms with Crippen LogP contribution in [0.25, 0.3) is 10.9 Å². The van der Waals surface area contributed by atoms with Crippen LogP contribution in [0.1, 0.15) is 25.7 Å². The summed E-state index contributed by atoms with van der Waals surface area (Å²) in [6.07, 6.45) is 5.54. The summed E-state index contributed by atoms with van der Waals surface area (Å²) in [7, 11) is -3.56. The number of benzene rings is 1. The predicted octanol–water partition coefficient (Wildman–Crippen LogP) is 2.04. The normalized spacial score (nSPS) is 16.8. The van der Waals surface area contributed by atoms with Crippen molar-refractivity contribution >= 4 is 26.6 Å². The van der Waals surface area contributed by atoms with E-state index >= 15 is 0 Å². The monoisotopic (exact) mass is 291 g/mol. The molecule has 6 heteroatoms. The van der Waals surface area contributed by atoms with E-state index in [1.807, 2.05) is 0 Å². The van der Waals surface area contributed by atoms with E-state index in [2.05, 4.69) is 9.71 Å². The van der Waals surface area contributed by atoms with Gasteiger partial charge in [0.25, 0.3) is 0 Å². The van der Waals surface area contributed by atoms with Crippen molar-refractivity contribution in [3.63, 3.8) is 0 Å². The third-order valence-electron chi connectivity index (χ3n) is 3.73. The first-order chi connectivity index (χ1) is 9.58. The second-order valence-corrected chi connectivity index (χ2v) is 6.84. The molecule has 1 saturated carbocycles. The maximum absolute atomic E-state index is 12.5. The van der Waals surface area contributed by atoms with Gasteiger partial charge in [-0.05, 0) is 37.1 Å². The van der Waals surface area contributed by atoms with E-state index in [0.29, 0.717) is 16.6 Å². The minimum Gasteiger partial charge on any atom is -0.398 e. The van der Waals surface area contributed by atoms with Crippen LogP contribution in [-0.2, 0) is 10.0 Å². The van der Waals surface area contributed by atoms with Crippen molar-refractivity contribution < 1.29 is 8.42 Å². The number of pyridine rings is 1. The van der Waals surface area contributed by atoms with E-state index < -0.39 is 10.0 Å². The van der Waals surface area contributed by atoms with Gasteiger partial charge in [0.2, 0.25) is 10.0 Å². The van der Waals surface area contributed by atoms with Crippen LogP contribution in [-0.4, -0.2) is 19.4 Å². The van der Waals surface area contributed by atoms with Gasteiger partial charge in [-0.15, -0.1) is 0 Å². The standard InChI is InChI=1S/C14H17N3O2S/c15-12-7-8-13(14-11(12)6-3-9-16-14)20(18,19)17-10-4-1-2-5-10/h3,6-10,17H,1-2,4-5,15H2. The number of hydrogen-bond acceptors (Lipinski definition) is 4. The van der Waals surface area contributed by atoms with Gasteiger partial charge in [-0.2, -0.15) is 0 Å². The fourth-order valence-corrected chi connectivity index (χ4v) is 4.18. The van der Waals surface area contributed by atoms with E-state index in [1.165, 1.54) is 6.07 Å². The molecule has 20 heavy (non-hydrogen) atoms. The molecule has 0 unspecified atom stereocenters. The zero-order chi connectivity index (χ0) is 14.2. The lowest BCUT2D eigenvalue weighted by Crippen LogP contribution is -2.32. The second-order valence-electron chi connectivity index (χ2n) is 5.16. The zero-order valence-electron chi connectivity index (χ0n) is 11.0. The lowest BCUT2D eigenvalue weighted by Gasteiger charge is -2.14. The maximum atomic E-state index is 12.5. The Morgan fingerprint density at radius 2 is 1.95 bits per heavy atom. The van der Waals surface area contributed by atoms with Gasteiger partial charge in [-0.25, -0.2) is 13.1 Å². The van der Waals surface area contributed by atoms with E-state index in [9.17, 15) is 8.42 Å². The summed E-state index contributed by atoms with van der Waals surface area (Å²) in [4.78, 5) is 4.39. The summed E-state index contributed by atoms with van der Waals surface area (Å²) in [6, 6.07) is 6.72. The molecule has 1 aromatic carbocycles. The third-order valence-corrected chi connectivity index (χ3v) is 5.28. The lowest BCUT2D eigenvalue weighted by atomic mass is 10.2. The molecular formula is C14H17N3O2S. The molecule has 0 amide bonds. The van der Waals surface area contributed by atoms with Crippen LogP contribution in [0.15, 0.2) is 35.4 Å². The topological polar surface area (TPSA) is 85.1 Å². The molecule has 1 aromatic heterocycles. The highest BCUT2D eigenvalue weighted by molar-refractivity contribution is 7.89. The Balaban J connectivity index is 2.07. The Morgan fingerprint density at radius 3 is 2.70 bits per heavy atom. The number of rotatable bonds is 3. The zero-order valence-corrected chi connectivity index (χ0v) is 11.9. The number of fused-ring (bicyclic) bond motifs is 1. The lowest BCUT2D eigenvalue weighted by molar-refractivity contribution is 0.553. The van der Waals surface area contributed by atoms with Crippen LogP contribution in [0.5, 0.6) is 0 Å². The van der Waals surface area contributed by atoms with Gasteiger partial charge in [0.15, 0.2) is 0 Å². The van der Waals surface area contributed by atoms with Crippen LogP contribution in [0.3, 0.4) is 0 Å². The molecule has 106 valence electrons. The molecule has 1 heterocycles. The SMILES string of the molecule is Nc1ccc(S(=O)(=O)NC2CCCC2)c2ncccc12. The van der Waals surface area contributed by atoms with Gasteiger partial charge < -0.3 is 5.73 Å². The first kappa shape index (κ1) is 13.3. The molecule has 2 aromatic rings. The number of anilines is 1. The van der Waals surface area contributed by atoms with Crippen LogP contribution in [0.4, 0.5) is 5.69 Å². The molecule has 5 nitrogen and oxygen atoms in total. The molecule has 0 atom stereocenters. The molecule has 1 fully saturated rings. The van der Waals surface area contributed by atoms with E-state index in [1.54, 1.807) is 24.4 Å². The van der Waals surface area contributed by atoms with Crippen molar-refractivity contribution in [1.29, 1.82) is 0 Å². The highest BCUT2D eigenvalue weighted by Gasteiger charge is 2.25. The van der Waals surface area contributed by atoms with Gasteiger partial charge in [-0.1, -0.05) is 12.8 Å². The van der Waals surface area contributed by atoms with Crippen LogP contribution in [0.2, 0.25) is 0 Å². The maximum Gasteiger partial charge on any atom is 0.242 e. The minimum absolute atomic E-state index is 0.0383. The average Bonchev–Trinajstić information content (AvgIpc) is 2.91. The minimum atomic E-state index is -3.56. The van der Waals surface area contributed by atoms with Gasteiger partial charge in [-0.3, -0.25) is 4.98 Å². The fraction of sp³-hybridized carbons (Fsp3) is 0.357. The van der Waals surface area contributed by atoms with Crippen LogP contribution >= 0.6 is 0 Å². The number of nitrogen functional groups attached to an aromatic ring is 1. The average molecular weight is 291 g/mol. The smallest absolute Gasteiger partial charge is 0.242 e. The quantitative estimate of drug-likeness (QED) is 0.847. The van der Waals surface area contributed by atoms with E-state index in [-0.39, 0.29) is 10.9 Å². The first-order valence-electron chi connectivity index (χ1n) is 6.73. The molecule has 0 aliphatic heterocycles. The highest BCUT2D eigenvalue weighted by Crippen LogP contribution is 2.27. The summed E-state index contributed by atoms with van der Waals surface area (Å²) in [6.45, 7) is 0. The molecule has 0 spiro atoms.